The Kier molecular flexibility index (Phi) is 2.74. The Morgan fingerprint density at radius 3 is 3.10 bits per heavy atom. The monoisotopic (exact) mass is 284 g/mol. The SMILES string of the molecule is COC1=C(c2cnco2)C=C2C(=O)C3=C(CCC3)NC2C1. The molecule has 1 unspecified atom stereocenters. The van der Waals surface area contributed by atoms with E-state index in [1.54, 1.807) is 13.3 Å². The molecule has 1 aliphatic heterocycles. The van der Waals surface area contributed by atoms with Crippen LogP contribution >= 0.6 is 0 Å². The van der Waals surface area contributed by atoms with Crippen molar-refractivity contribution in [3.8, 4) is 0 Å². The van der Waals surface area contributed by atoms with Crippen LogP contribution in [0.5, 0.6) is 0 Å². The first-order chi connectivity index (χ1) is 10.3. The van der Waals surface area contributed by atoms with Crippen molar-refractivity contribution in [2.45, 2.75) is 31.7 Å². The number of hydrogen-bond acceptors (Lipinski definition) is 5. The average Bonchev–Trinajstić information content (AvgIpc) is 3.17. The van der Waals surface area contributed by atoms with Gasteiger partial charge in [-0.3, -0.25) is 4.79 Å². The summed E-state index contributed by atoms with van der Waals surface area (Å²) in [6.45, 7) is 0. The minimum atomic E-state index is 0.0102. The van der Waals surface area contributed by atoms with Crippen molar-refractivity contribution >= 4 is 11.4 Å². The minimum Gasteiger partial charge on any atom is -0.500 e. The number of carbonyl (C=O) groups excluding carboxylic acids is 1. The molecular weight excluding hydrogens is 268 g/mol. The zero-order valence-electron chi connectivity index (χ0n) is 11.8. The predicted molar refractivity (Wildman–Crippen MR) is 75.9 cm³/mol. The number of nitrogens with one attached hydrogen (secondary N) is 1. The van der Waals surface area contributed by atoms with Crippen molar-refractivity contribution in [2.75, 3.05) is 7.11 Å². The highest BCUT2D eigenvalue weighted by molar-refractivity contribution is 6.12. The number of rotatable bonds is 2. The fourth-order valence-electron chi connectivity index (χ4n) is 3.38. The van der Waals surface area contributed by atoms with Crippen LogP contribution in [0, 0.1) is 0 Å². The molecule has 0 saturated carbocycles. The van der Waals surface area contributed by atoms with Crippen molar-refractivity contribution in [3.05, 3.63) is 47.0 Å². The van der Waals surface area contributed by atoms with Gasteiger partial charge in [0.25, 0.3) is 0 Å². The molecule has 0 aromatic carbocycles. The first-order valence-corrected chi connectivity index (χ1v) is 7.19. The topological polar surface area (TPSA) is 64.4 Å². The van der Waals surface area contributed by atoms with E-state index in [2.05, 4.69) is 10.3 Å². The third-order valence-electron chi connectivity index (χ3n) is 4.41. The van der Waals surface area contributed by atoms with Crippen LogP contribution in [0.1, 0.15) is 31.4 Å². The molecule has 0 bridgehead atoms. The molecule has 0 radical (unpaired) electrons. The van der Waals surface area contributed by atoms with Gasteiger partial charge in [0, 0.05) is 23.3 Å². The number of oxazole rings is 1. The number of ketones is 1. The largest absolute Gasteiger partial charge is 0.500 e. The van der Waals surface area contributed by atoms with Crippen LogP contribution < -0.4 is 5.32 Å². The van der Waals surface area contributed by atoms with Gasteiger partial charge in [-0.05, 0) is 25.3 Å². The van der Waals surface area contributed by atoms with Crippen LogP contribution in [0.15, 0.2) is 45.7 Å². The highest BCUT2D eigenvalue weighted by Crippen LogP contribution is 2.39. The van der Waals surface area contributed by atoms with E-state index >= 15 is 0 Å². The Morgan fingerprint density at radius 1 is 1.43 bits per heavy atom. The number of aromatic nitrogens is 1. The molecule has 2 heterocycles. The van der Waals surface area contributed by atoms with E-state index in [0.717, 1.165) is 47.4 Å². The third-order valence-corrected chi connectivity index (χ3v) is 4.41. The number of hydrogen-bond donors (Lipinski definition) is 1. The van der Waals surface area contributed by atoms with E-state index in [9.17, 15) is 4.79 Å². The van der Waals surface area contributed by atoms with Gasteiger partial charge in [0.2, 0.25) is 0 Å². The molecule has 2 aliphatic carbocycles. The summed E-state index contributed by atoms with van der Waals surface area (Å²) in [6.07, 6.45) is 8.50. The maximum absolute atomic E-state index is 12.7. The highest BCUT2D eigenvalue weighted by atomic mass is 16.5. The average molecular weight is 284 g/mol. The predicted octanol–water partition coefficient (Wildman–Crippen LogP) is 2.34. The molecule has 1 aromatic heterocycles. The fraction of sp³-hybridized carbons (Fsp3) is 0.375. The standard InChI is InChI=1S/C16H16N2O3/c1-20-14-6-13-10(5-11(14)15-7-17-8-21-15)16(19)9-3-2-4-12(9)18-13/h5,7-8,13,18H,2-4,6H2,1H3. The highest BCUT2D eigenvalue weighted by Gasteiger charge is 2.37. The number of nitrogens with zero attached hydrogens (tertiary/aromatic N) is 1. The van der Waals surface area contributed by atoms with Gasteiger partial charge < -0.3 is 14.5 Å². The van der Waals surface area contributed by atoms with Gasteiger partial charge >= 0.3 is 0 Å². The number of allylic oxidation sites excluding steroid dienone is 4. The van der Waals surface area contributed by atoms with Gasteiger partial charge in [0.1, 0.15) is 5.76 Å². The lowest BCUT2D eigenvalue weighted by molar-refractivity contribution is -0.113. The molecule has 5 nitrogen and oxygen atoms in total. The van der Waals surface area contributed by atoms with E-state index in [1.807, 2.05) is 6.08 Å². The lowest BCUT2D eigenvalue weighted by Gasteiger charge is -2.32. The van der Waals surface area contributed by atoms with Crippen molar-refractivity contribution in [1.29, 1.82) is 0 Å². The van der Waals surface area contributed by atoms with Crippen LogP contribution in [-0.2, 0) is 9.53 Å². The number of fused-ring (bicyclic) bond motifs is 1. The summed E-state index contributed by atoms with van der Waals surface area (Å²) in [5.41, 5.74) is 3.71. The summed E-state index contributed by atoms with van der Waals surface area (Å²) >= 11 is 0. The molecule has 0 amide bonds. The summed E-state index contributed by atoms with van der Waals surface area (Å²) in [7, 11) is 1.65. The third kappa shape index (κ3) is 1.84. The van der Waals surface area contributed by atoms with Crippen LogP contribution in [0.2, 0.25) is 0 Å². The van der Waals surface area contributed by atoms with Crippen LogP contribution in [0.4, 0.5) is 0 Å². The first kappa shape index (κ1) is 12.4. The Bertz CT molecular complexity index is 695. The second-order valence-electron chi connectivity index (χ2n) is 5.55. The Hall–Kier alpha value is -2.30. The first-order valence-electron chi connectivity index (χ1n) is 7.19. The number of ether oxygens (including phenoxy) is 1. The number of methoxy groups -OCH3 is 1. The van der Waals surface area contributed by atoms with Crippen molar-refractivity contribution in [2.24, 2.45) is 0 Å². The van der Waals surface area contributed by atoms with Crippen LogP contribution in [0.25, 0.3) is 5.57 Å². The Balaban J connectivity index is 1.79. The lowest BCUT2D eigenvalue weighted by Crippen LogP contribution is -2.40. The van der Waals surface area contributed by atoms with E-state index in [-0.39, 0.29) is 11.8 Å². The van der Waals surface area contributed by atoms with E-state index in [1.165, 1.54) is 6.39 Å². The van der Waals surface area contributed by atoms with E-state index in [4.69, 9.17) is 9.15 Å². The smallest absolute Gasteiger partial charge is 0.188 e. The summed E-state index contributed by atoms with van der Waals surface area (Å²) in [4.78, 5) is 16.6. The Labute approximate surface area is 122 Å². The maximum Gasteiger partial charge on any atom is 0.188 e. The maximum atomic E-state index is 12.7. The lowest BCUT2D eigenvalue weighted by atomic mass is 9.84. The summed E-state index contributed by atoms with van der Waals surface area (Å²) in [5.74, 6) is 1.64. The van der Waals surface area contributed by atoms with Gasteiger partial charge in [-0.15, -0.1) is 0 Å². The molecular formula is C16H16N2O3. The molecule has 1 aromatic rings. The molecule has 1 N–H and O–H groups in total. The molecule has 3 aliphatic rings. The van der Waals surface area contributed by atoms with Gasteiger partial charge in [-0.25, -0.2) is 4.98 Å². The molecule has 0 spiro atoms. The minimum absolute atomic E-state index is 0.0102. The van der Waals surface area contributed by atoms with Gasteiger partial charge in [-0.2, -0.15) is 0 Å². The number of carbonyl (C=O) groups is 1. The molecule has 0 saturated heterocycles. The molecule has 0 fully saturated rings. The van der Waals surface area contributed by atoms with Crippen LogP contribution in [0.3, 0.4) is 0 Å². The zero-order valence-corrected chi connectivity index (χ0v) is 11.8. The van der Waals surface area contributed by atoms with Crippen molar-refractivity contribution < 1.29 is 13.9 Å². The fourth-order valence-corrected chi connectivity index (χ4v) is 3.38. The summed E-state index contributed by atoms with van der Waals surface area (Å²) < 4.78 is 10.9. The normalized spacial score (nSPS) is 24.5. The van der Waals surface area contributed by atoms with E-state index in [0.29, 0.717) is 12.2 Å². The van der Waals surface area contributed by atoms with Gasteiger partial charge in [0.05, 0.1) is 24.9 Å². The Morgan fingerprint density at radius 2 is 2.33 bits per heavy atom. The molecule has 108 valence electrons. The van der Waals surface area contributed by atoms with E-state index < -0.39 is 0 Å². The zero-order chi connectivity index (χ0) is 14.4. The summed E-state index contributed by atoms with van der Waals surface area (Å²) in [6, 6.07) is 0.0102. The summed E-state index contributed by atoms with van der Waals surface area (Å²) in [5, 5.41) is 3.51. The molecule has 5 heteroatoms. The van der Waals surface area contributed by atoms with Gasteiger partial charge in [-0.1, -0.05) is 0 Å². The molecule has 21 heavy (non-hydrogen) atoms. The van der Waals surface area contributed by atoms with Crippen molar-refractivity contribution in [1.82, 2.24) is 10.3 Å². The number of Topliss-reactive ketones (excluding diaryl/α,β-unsaturated/α-hetero) is 1. The quantitative estimate of drug-likeness (QED) is 0.903. The molecule has 1 atom stereocenters. The molecule has 4 rings (SSSR count). The van der Waals surface area contributed by atoms with Crippen LogP contribution in [-0.4, -0.2) is 23.9 Å². The van der Waals surface area contributed by atoms with Gasteiger partial charge in [0.15, 0.2) is 17.9 Å². The second-order valence-corrected chi connectivity index (χ2v) is 5.55. The van der Waals surface area contributed by atoms with Crippen molar-refractivity contribution in [3.63, 3.8) is 0 Å². The second kappa shape index (κ2) is 4.62.